The average molecular weight is 871 g/mol. The van der Waals surface area contributed by atoms with E-state index in [0.717, 1.165) is 74.8 Å². The molecule has 0 unspecified atom stereocenters. The van der Waals surface area contributed by atoms with Crippen molar-refractivity contribution in [1.29, 1.82) is 0 Å². The van der Waals surface area contributed by atoms with Gasteiger partial charge in [0.05, 0.1) is 71.8 Å². The standard InChI is InChI=1S/C47H66N8O8/c1-38-9-14-42(34-44(38)53-47-50-17-15-43(52-47)41-8-7-16-49-35-41)51-46(57)40-12-10-39(11-13-40)36-55-21-19-54(20-22-55)18-5-3-4-6-23-58-24-25-59-26-27-60-28-29-61-30-31-62-32-33-63-37-45(56)48-2/h7-17,34-35H,3-6,18-33,36-37H2,1-2H3,(H,48,56)(H,51,57)(H,50,52,53). The molecular formula is C47H66N8O8. The summed E-state index contributed by atoms with van der Waals surface area (Å²) in [6, 6.07) is 19.4. The lowest BCUT2D eigenvalue weighted by Gasteiger charge is -2.34. The van der Waals surface area contributed by atoms with E-state index in [1.807, 2.05) is 55.5 Å². The number of piperazine rings is 1. The van der Waals surface area contributed by atoms with Gasteiger partial charge in [-0.05, 0) is 79.9 Å². The Morgan fingerprint density at radius 2 is 1.32 bits per heavy atom. The van der Waals surface area contributed by atoms with Gasteiger partial charge in [-0.15, -0.1) is 0 Å². The number of hydrogen-bond donors (Lipinski definition) is 3. The van der Waals surface area contributed by atoms with Gasteiger partial charge in [0.15, 0.2) is 0 Å². The number of aryl methyl sites for hydroxylation is 1. The van der Waals surface area contributed by atoms with Crippen LogP contribution in [0.5, 0.6) is 0 Å². The van der Waals surface area contributed by atoms with Crippen molar-refractivity contribution in [2.24, 2.45) is 0 Å². The fraction of sp³-hybridized carbons (Fsp3) is 0.511. The molecule has 5 rings (SSSR count). The van der Waals surface area contributed by atoms with Crippen molar-refractivity contribution < 1.29 is 38.0 Å². The number of nitrogens with zero attached hydrogens (tertiary/aromatic N) is 5. The first-order valence-electron chi connectivity index (χ1n) is 22.1. The summed E-state index contributed by atoms with van der Waals surface area (Å²) < 4.78 is 32.8. The molecule has 0 atom stereocenters. The predicted octanol–water partition coefficient (Wildman–Crippen LogP) is 5.37. The number of pyridine rings is 1. The highest BCUT2D eigenvalue weighted by atomic mass is 16.6. The molecule has 3 N–H and O–H groups in total. The highest BCUT2D eigenvalue weighted by Crippen LogP contribution is 2.25. The van der Waals surface area contributed by atoms with Gasteiger partial charge in [0.1, 0.15) is 6.61 Å². The SMILES string of the molecule is CNC(=O)COCCOCCOCCOCCOCCOCCCCCCN1CCN(Cc2ccc(C(=O)Nc3ccc(C)c(Nc4nccc(-c5cccnc5)n4)c3)cc2)CC1. The number of aromatic nitrogens is 3. The summed E-state index contributed by atoms with van der Waals surface area (Å²) >= 11 is 0. The van der Waals surface area contributed by atoms with Gasteiger partial charge in [-0.3, -0.25) is 19.5 Å². The molecule has 1 aliphatic rings. The molecule has 1 aliphatic heterocycles. The summed E-state index contributed by atoms with van der Waals surface area (Å²) in [6.45, 7) is 14.0. The van der Waals surface area contributed by atoms with Crippen LogP contribution in [0.1, 0.15) is 47.2 Å². The number of hydrogen-bond acceptors (Lipinski definition) is 14. The van der Waals surface area contributed by atoms with Gasteiger partial charge < -0.3 is 49.3 Å². The van der Waals surface area contributed by atoms with Crippen LogP contribution in [0.15, 0.2) is 79.3 Å². The molecule has 2 amide bonds. The van der Waals surface area contributed by atoms with E-state index in [1.54, 1.807) is 25.6 Å². The zero-order valence-electron chi connectivity index (χ0n) is 37.1. The third kappa shape index (κ3) is 19.6. The van der Waals surface area contributed by atoms with E-state index in [2.05, 4.69) is 52.8 Å². The molecule has 2 aromatic heterocycles. The number of carbonyl (C=O) groups is 2. The second-order valence-electron chi connectivity index (χ2n) is 15.1. The summed E-state index contributed by atoms with van der Waals surface area (Å²) in [4.78, 5) is 42.5. The molecule has 3 heterocycles. The zero-order chi connectivity index (χ0) is 44.2. The van der Waals surface area contributed by atoms with Crippen LogP contribution in [-0.4, -0.2) is 156 Å². The second kappa shape index (κ2) is 29.5. The van der Waals surface area contributed by atoms with Gasteiger partial charge in [0, 0.05) is 87.5 Å². The molecule has 0 saturated carbocycles. The number of anilines is 3. The molecule has 0 spiro atoms. The summed E-state index contributed by atoms with van der Waals surface area (Å²) in [6.07, 6.45) is 9.87. The minimum atomic E-state index is -0.157. The van der Waals surface area contributed by atoms with Crippen molar-refractivity contribution in [3.05, 3.63) is 95.9 Å². The van der Waals surface area contributed by atoms with Crippen LogP contribution in [0.3, 0.4) is 0 Å². The van der Waals surface area contributed by atoms with Crippen LogP contribution in [0.25, 0.3) is 11.3 Å². The first-order chi connectivity index (χ1) is 31.0. The Balaban J connectivity index is 0.828. The molecule has 0 radical (unpaired) electrons. The van der Waals surface area contributed by atoms with E-state index >= 15 is 0 Å². The van der Waals surface area contributed by atoms with Crippen molar-refractivity contribution >= 4 is 29.1 Å². The topological polar surface area (TPSA) is 171 Å². The fourth-order valence-corrected chi connectivity index (χ4v) is 6.67. The number of nitrogens with one attached hydrogen (secondary N) is 3. The minimum absolute atomic E-state index is 0.0430. The maximum absolute atomic E-state index is 13.2. The fourth-order valence-electron chi connectivity index (χ4n) is 6.67. The van der Waals surface area contributed by atoms with E-state index in [9.17, 15) is 9.59 Å². The summed E-state index contributed by atoms with van der Waals surface area (Å²) in [7, 11) is 1.57. The Morgan fingerprint density at radius 1 is 0.683 bits per heavy atom. The zero-order valence-corrected chi connectivity index (χ0v) is 37.1. The van der Waals surface area contributed by atoms with Crippen molar-refractivity contribution in [2.75, 3.05) is 130 Å². The minimum Gasteiger partial charge on any atom is -0.379 e. The van der Waals surface area contributed by atoms with Gasteiger partial charge in [0.2, 0.25) is 11.9 Å². The number of likely N-dealkylation sites (N-methyl/N-ethyl adjacent to an activating group) is 1. The van der Waals surface area contributed by atoms with E-state index < -0.39 is 0 Å². The first-order valence-corrected chi connectivity index (χ1v) is 22.1. The number of unbranched alkanes of at least 4 members (excludes halogenated alkanes) is 3. The number of ether oxygens (including phenoxy) is 6. The number of carbonyl (C=O) groups excluding carboxylic acids is 2. The van der Waals surface area contributed by atoms with E-state index in [4.69, 9.17) is 28.4 Å². The maximum atomic E-state index is 13.2. The molecule has 1 fully saturated rings. The monoisotopic (exact) mass is 871 g/mol. The van der Waals surface area contributed by atoms with Gasteiger partial charge >= 0.3 is 0 Å². The van der Waals surface area contributed by atoms with Crippen LogP contribution in [0.2, 0.25) is 0 Å². The summed E-state index contributed by atoms with van der Waals surface area (Å²) in [5.41, 5.74) is 6.00. The molecular weight excluding hydrogens is 805 g/mol. The first kappa shape index (κ1) is 49.1. The Bertz CT molecular complexity index is 1880. The van der Waals surface area contributed by atoms with Crippen LogP contribution in [0, 0.1) is 6.92 Å². The third-order valence-electron chi connectivity index (χ3n) is 10.3. The molecule has 1 saturated heterocycles. The van der Waals surface area contributed by atoms with E-state index in [1.165, 1.54) is 24.8 Å². The van der Waals surface area contributed by atoms with Crippen molar-refractivity contribution in [2.45, 2.75) is 39.2 Å². The van der Waals surface area contributed by atoms with Crippen LogP contribution >= 0.6 is 0 Å². The average Bonchev–Trinajstić information content (AvgIpc) is 3.31. The maximum Gasteiger partial charge on any atom is 0.255 e. The third-order valence-corrected chi connectivity index (χ3v) is 10.3. The normalized spacial score (nSPS) is 13.2. The second-order valence-corrected chi connectivity index (χ2v) is 15.1. The van der Waals surface area contributed by atoms with Gasteiger partial charge in [-0.1, -0.05) is 31.0 Å². The Kier molecular flexibility index (Phi) is 23.0. The van der Waals surface area contributed by atoms with Crippen molar-refractivity contribution in [1.82, 2.24) is 30.1 Å². The van der Waals surface area contributed by atoms with Crippen LogP contribution in [0.4, 0.5) is 17.3 Å². The Labute approximate surface area is 372 Å². The molecule has 0 bridgehead atoms. The largest absolute Gasteiger partial charge is 0.379 e. The van der Waals surface area contributed by atoms with Crippen molar-refractivity contribution in [3.63, 3.8) is 0 Å². The Hall–Kier alpha value is -4.91. The molecule has 16 nitrogen and oxygen atoms in total. The van der Waals surface area contributed by atoms with Crippen molar-refractivity contribution in [3.8, 4) is 11.3 Å². The lowest BCUT2D eigenvalue weighted by Crippen LogP contribution is -2.46. The smallest absolute Gasteiger partial charge is 0.255 e. The van der Waals surface area contributed by atoms with Gasteiger partial charge in [0.25, 0.3) is 5.91 Å². The quantitative estimate of drug-likeness (QED) is 0.0552. The number of amides is 2. The highest BCUT2D eigenvalue weighted by molar-refractivity contribution is 6.04. The molecule has 0 aliphatic carbocycles. The predicted molar refractivity (Wildman–Crippen MR) is 243 cm³/mol. The molecule has 63 heavy (non-hydrogen) atoms. The van der Waals surface area contributed by atoms with Crippen LogP contribution < -0.4 is 16.0 Å². The van der Waals surface area contributed by atoms with E-state index in [-0.39, 0.29) is 18.4 Å². The highest BCUT2D eigenvalue weighted by Gasteiger charge is 2.17. The molecule has 16 heteroatoms. The molecule has 4 aromatic rings. The summed E-state index contributed by atoms with van der Waals surface area (Å²) in [5.74, 6) is 0.154. The van der Waals surface area contributed by atoms with Gasteiger partial charge in [-0.25, -0.2) is 9.97 Å². The van der Waals surface area contributed by atoms with Crippen LogP contribution in [-0.2, 0) is 39.8 Å². The number of rotatable bonds is 31. The molecule has 2 aromatic carbocycles. The lowest BCUT2D eigenvalue weighted by atomic mass is 10.1. The lowest BCUT2D eigenvalue weighted by molar-refractivity contribution is -0.125. The Morgan fingerprint density at radius 3 is 1.97 bits per heavy atom. The molecule has 342 valence electrons. The van der Waals surface area contributed by atoms with E-state index in [0.29, 0.717) is 83.3 Å². The summed E-state index contributed by atoms with van der Waals surface area (Å²) in [5, 5.41) is 8.84. The number of benzene rings is 2. The van der Waals surface area contributed by atoms with Gasteiger partial charge in [-0.2, -0.15) is 0 Å².